The van der Waals surface area contributed by atoms with Crippen LogP contribution in [0.1, 0.15) is 106 Å². The summed E-state index contributed by atoms with van der Waals surface area (Å²) in [6.07, 6.45) is -32.0. The summed E-state index contributed by atoms with van der Waals surface area (Å²) in [6.45, 7) is 12.0. The van der Waals surface area contributed by atoms with E-state index >= 15 is 0 Å². The summed E-state index contributed by atoms with van der Waals surface area (Å²) in [6, 6.07) is 0. The zero-order chi connectivity index (χ0) is 62.0. The highest BCUT2D eigenvalue weighted by Gasteiger charge is 2.72. The van der Waals surface area contributed by atoms with Crippen molar-refractivity contribution in [2.24, 2.45) is 50.2 Å². The van der Waals surface area contributed by atoms with E-state index in [-0.39, 0.29) is 43.5 Å². The van der Waals surface area contributed by atoms with Gasteiger partial charge in [0.05, 0.1) is 50.7 Å². The first-order valence-corrected chi connectivity index (χ1v) is 30.3. The van der Waals surface area contributed by atoms with Crippen LogP contribution in [0.2, 0.25) is 0 Å². The van der Waals surface area contributed by atoms with E-state index in [1.54, 1.807) is 0 Å². The normalized spacial score (nSPS) is 55.3. The Kier molecular flexibility index (Phi) is 18.9. The number of hydrogen-bond donors (Lipinski definition) is 16. The van der Waals surface area contributed by atoms with Gasteiger partial charge in [-0.1, -0.05) is 46.3 Å². The molecule has 10 rings (SSSR count). The molecular weight excluding hydrogens is 1130 g/mol. The van der Waals surface area contributed by atoms with E-state index in [2.05, 4.69) is 40.7 Å². The fourth-order valence-corrected chi connectivity index (χ4v) is 17.5. The van der Waals surface area contributed by atoms with Gasteiger partial charge in [-0.3, -0.25) is 4.79 Å². The summed E-state index contributed by atoms with van der Waals surface area (Å²) in [4.78, 5) is 14.0. The molecule has 0 aromatic carbocycles. The number of carbonyl (C=O) groups is 1. The molecule has 4 saturated carbocycles. The second-order valence-corrected chi connectivity index (χ2v) is 28.2. The second kappa shape index (κ2) is 24.4. The molecule has 0 bridgehead atoms. The van der Waals surface area contributed by atoms with Crippen LogP contribution in [0, 0.1) is 50.2 Å². The van der Waals surface area contributed by atoms with Gasteiger partial charge >= 0.3 is 5.97 Å². The van der Waals surface area contributed by atoms with Gasteiger partial charge in [-0.2, -0.15) is 0 Å². The zero-order valence-corrected chi connectivity index (χ0v) is 49.3. The molecule has 0 aromatic rings. The maximum Gasteiger partial charge on any atom is 0.312 e. The minimum atomic E-state index is -1.96. The van der Waals surface area contributed by atoms with Gasteiger partial charge in [0.1, 0.15) is 110 Å². The highest BCUT2D eigenvalue weighted by Crippen LogP contribution is 2.76. The Balaban J connectivity index is 0.865. The molecule has 27 heteroatoms. The Morgan fingerprint density at radius 2 is 1.12 bits per heavy atom. The molecule has 10 aliphatic rings. The van der Waals surface area contributed by atoms with Gasteiger partial charge in [0, 0.05) is 5.41 Å². The van der Waals surface area contributed by atoms with Gasteiger partial charge in [0.25, 0.3) is 0 Å². The first kappa shape index (κ1) is 66.1. The number of hydrogen-bond acceptors (Lipinski definition) is 26. The summed E-state index contributed by atoms with van der Waals surface area (Å²) >= 11 is 0. The predicted molar refractivity (Wildman–Crippen MR) is 285 cm³/mol. The monoisotopic (exact) mass is 1220 g/mol. The fourth-order valence-electron chi connectivity index (χ4n) is 17.5. The SMILES string of the molecule is C[C@@H]1O[C@@H](O[C@H]2[C@H](OC[C@]34CCC(C)(C)C[C@H]3C3=CC[C@@H]5[C@@]6(C)C[C@H](O)[C@H](O[C@@H]7O[C@H](CO)[C@@H](O)[C@H](O[C@@H]8O[C@H](CO)[C@@H](O)[C@H](O)[C@H]8O)[C@H]7O)[C@@](C)(C(=O)O)[C@@H]6CC[C@@]5(C)[C@]3(C)CC4)OC[C@H](O)[C@@H]2O)[C@H](O)[C@H](O)[C@H]1O[C@@H]1OC[C@@H](O)[C@H](O)[C@H]1O. The van der Waals surface area contributed by atoms with Crippen LogP contribution in [-0.2, 0) is 52.2 Å². The van der Waals surface area contributed by atoms with E-state index in [1.807, 2.05) is 0 Å². The number of aliphatic hydroxyl groups excluding tert-OH is 15. The van der Waals surface area contributed by atoms with E-state index in [4.69, 9.17) is 47.4 Å². The Morgan fingerprint density at radius 3 is 1.78 bits per heavy atom. The third kappa shape index (κ3) is 11.1. The topological polar surface area (TPSA) is 433 Å². The van der Waals surface area contributed by atoms with Crippen LogP contribution in [0.25, 0.3) is 0 Å². The molecule has 5 saturated heterocycles. The molecule has 0 unspecified atom stereocenters. The predicted octanol–water partition coefficient (Wildman–Crippen LogP) is -3.40. The number of aliphatic carboxylic acids is 1. The average molecular weight is 1220 g/mol. The average Bonchev–Trinajstić information content (AvgIpc) is 0.684. The van der Waals surface area contributed by atoms with Gasteiger partial charge in [-0.25, -0.2) is 0 Å². The number of ether oxygens (including phenoxy) is 10. The quantitative estimate of drug-likeness (QED) is 0.0595. The number of carboxylic acids is 1. The third-order valence-electron chi connectivity index (χ3n) is 22.9. The highest BCUT2D eigenvalue weighted by molar-refractivity contribution is 5.76. The summed E-state index contributed by atoms with van der Waals surface area (Å²) < 4.78 is 59.7. The standard InChI is InChI=1S/C58H94O27/c1-23-43(82-47-39(70)33(64)27(62)20-76-47)38(69)41(72)48(79-23)84-45-34(65)28(63)21-77-51(45)78-22-58-14-12-53(2,3)16-25(58)24-8-9-31-54(4)17-26(61)46(57(7,52(74)75)32(54)10-11-56(31,6)55(24,5)13-15-58)85-50-42(73)44(36(67)30(19-60)81-50)83-49-40(71)37(68)35(66)29(18-59)80-49/h8,23,25-51,59-73H,9-22H2,1-7H3,(H,74,75)/t23-,25-,26-,27+,28-,29+,30+,31+,32+,33-,34-,35+,36+,37-,38-,39+,40+,41+,42+,43-,44-,45+,46-,47-,48-,49-,50-,51-,54+,55+,56+,57-,58+/m0/s1. The van der Waals surface area contributed by atoms with Crippen molar-refractivity contribution in [1.29, 1.82) is 0 Å². The number of aliphatic hydroxyl groups is 15. The van der Waals surface area contributed by atoms with Crippen LogP contribution in [0.3, 0.4) is 0 Å². The Labute approximate surface area is 493 Å². The summed E-state index contributed by atoms with van der Waals surface area (Å²) in [5, 5.41) is 174. The molecule has 0 spiro atoms. The minimum absolute atomic E-state index is 0.0139. The molecule has 16 N–H and O–H groups in total. The van der Waals surface area contributed by atoms with Crippen LogP contribution < -0.4 is 0 Å². The van der Waals surface area contributed by atoms with Crippen molar-refractivity contribution in [2.45, 2.75) is 260 Å². The van der Waals surface area contributed by atoms with Crippen molar-refractivity contribution in [1.82, 2.24) is 0 Å². The molecular formula is C58H94O27. The van der Waals surface area contributed by atoms with Gasteiger partial charge in [0.15, 0.2) is 31.5 Å². The Hall–Kier alpha value is -1.79. The van der Waals surface area contributed by atoms with Crippen molar-refractivity contribution in [2.75, 3.05) is 33.0 Å². The molecule has 5 aliphatic heterocycles. The summed E-state index contributed by atoms with van der Waals surface area (Å²) in [5.74, 6) is -2.04. The minimum Gasteiger partial charge on any atom is -0.481 e. The van der Waals surface area contributed by atoms with Crippen LogP contribution in [0.15, 0.2) is 11.6 Å². The lowest BCUT2D eigenvalue weighted by Gasteiger charge is -2.71. The Bertz CT molecular complexity index is 2370. The number of allylic oxidation sites excluding steroid dienone is 2. The molecule has 9 fully saturated rings. The highest BCUT2D eigenvalue weighted by atomic mass is 16.8. The second-order valence-electron chi connectivity index (χ2n) is 28.2. The lowest BCUT2D eigenvalue weighted by molar-refractivity contribution is -0.373. The largest absolute Gasteiger partial charge is 0.481 e. The number of carboxylic acid groups (broad SMARTS) is 1. The summed E-state index contributed by atoms with van der Waals surface area (Å²) in [7, 11) is 0. The van der Waals surface area contributed by atoms with E-state index in [0.29, 0.717) is 25.7 Å². The van der Waals surface area contributed by atoms with Crippen LogP contribution in [0.5, 0.6) is 0 Å². The van der Waals surface area contributed by atoms with Crippen LogP contribution >= 0.6 is 0 Å². The lowest BCUT2D eigenvalue weighted by atomic mass is 9.33. The first-order valence-electron chi connectivity index (χ1n) is 30.3. The van der Waals surface area contributed by atoms with Crippen LogP contribution in [-0.4, -0.2) is 274 Å². The van der Waals surface area contributed by atoms with Crippen LogP contribution in [0.4, 0.5) is 0 Å². The molecule has 85 heavy (non-hydrogen) atoms. The van der Waals surface area contributed by atoms with Gasteiger partial charge in [0.2, 0.25) is 0 Å². The van der Waals surface area contributed by atoms with Crippen molar-refractivity contribution < 1.29 is 134 Å². The van der Waals surface area contributed by atoms with Gasteiger partial charge in [-0.05, 0) is 111 Å². The third-order valence-corrected chi connectivity index (χ3v) is 22.9. The molecule has 0 aromatic heterocycles. The van der Waals surface area contributed by atoms with Crippen molar-refractivity contribution in [3.05, 3.63) is 11.6 Å². The van der Waals surface area contributed by atoms with Crippen molar-refractivity contribution >= 4 is 5.97 Å². The molecule has 27 nitrogen and oxygen atoms in total. The molecule has 0 amide bonds. The first-order chi connectivity index (χ1) is 39.8. The molecule has 0 radical (unpaired) electrons. The van der Waals surface area contributed by atoms with Crippen molar-refractivity contribution in [3.63, 3.8) is 0 Å². The molecule has 5 aliphatic carbocycles. The van der Waals surface area contributed by atoms with Gasteiger partial charge < -0.3 is 129 Å². The lowest BCUT2D eigenvalue weighted by Crippen LogP contribution is -2.70. The molecule has 488 valence electrons. The number of rotatable bonds is 14. The smallest absolute Gasteiger partial charge is 0.312 e. The fraction of sp³-hybridized carbons (Fsp3) is 0.948. The Morgan fingerprint density at radius 1 is 0.553 bits per heavy atom. The number of fused-ring (bicyclic) bond motifs is 7. The van der Waals surface area contributed by atoms with Crippen molar-refractivity contribution in [3.8, 4) is 0 Å². The zero-order valence-electron chi connectivity index (χ0n) is 49.3. The molecule has 33 atom stereocenters. The molecule has 5 heterocycles. The van der Waals surface area contributed by atoms with E-state index < -0.39 is 206 Å². The maximum atomic E-state index is 14.0. The maximum absolute atomic E-state index is 14.0. The van der Waals surface area contributed by atoms with E-state index in [9.17, 15) is 86.5 Å². The van der Waals surface area contributed by atoms with Gasteiger partial charge in [-0.15, -0.1) is 0 Å². The summed E-state index contributed by atoms with van der Waals surface area (Å²) in [5.41, 5.74) is -2.74. The van der Waals surface area contributed by atoms with E-state index in [0.717, 1.165) is 25.7 Å². The van der Waals surface area contributed by atoms with E-state index in [1.165, 1.54) is 19.4 Å².